The molecule has 7 nitrogen and oxygen atoms in total. The van der Waals surface area contributed by atoms with E-state index in [0.717, 1.165) is 19.9 Å². The molecule has 4 aromatic carbocycles. The molecule has 10 heteroatoms. The minimum absolute atomic E-state index is 0.124. The number of hydrogen-bond donors (Lipinski definition) is 0. The van der Waals surface area contributed by atoms with E-state index in [1.165, 1.54) is 11.3 Å². The fourth-order valence-corrected chi connectivity index (χ4v) is 7.95. The highest BCUT2D eigenvalue weighted by molar-refractivity contribution is 14.1. The number of halogens is 2. The largest absolute Gasteiger partial charge is 0.491 e. The van der Waals surface area contributed by atoms with E-state index in [9.17, 15) is 9.59 Å². The standard InChI is InChI=1S/C37H32ClIN2O5S/c1-5-44-36(43)32-22(4)40-37-41(33(32)28-15-8-9-16-30(28)46-21(2)3)35(42)31(47-37)18-25-17-26(38)19-29(39)34(25)45-20-24-13-10-12-23-11-6-7-14-27(23)24/h6-19,21,33H,5,20H2,1-4H3/b31-18-/t33-/m1/s1. The molecule has 0 fully saturated rings. The molecule has 0 unspecified atom stereocenters. The lowest BCUT2D eigenvalue weighted by molar-refractivity contribution is -0.139. The smallest absolute Gasteiger partial charge is 0.338 e. The summed E-state index contributed by atoms with van der Waals surface area (Å²) in [7, 11) is 0. The maximum atomic E-state index is 14.4. The zero-order valence-corrected chi connectivity index (χ0v) is 30.0. The molecule has 1 aromatic heterocycles. The fraction of sp³-hybridized carbons (Fsp3) is 0.216. The molecule has 2 heterocycles. The lowest BCUT2D eigenvalue weighted by Gasteiger charge is -2.26. The van der Waals surface area contributed by atoms with Crippen molar-refractivity contribution >= 4 is 68.3 Å². The number of carbonyl (C=O) groups excluding carboxylic acids is 1. The van der Waals surface area contributed by atoms with Gasteiger partial charge in [0.05, 0.1) is 32.1 Å². The van der Waals surface area contributed by atoms with Gasteiger partial charge in [-0.15, -0.1) is 0 Å². The summed E-state index contributed by atoms with van der Waals surface area (Å²) in [6, 6.07) is 24.6. The minimum atomic E-state index is -0.802. The van der Waals surface area contributed by atoms with Crippen LogP contribution in [0.4, 0.5) is 0 Å². The average Bonchev–Trinajstić information content (AvgIpc) is 3.33. The third-order valence-electron chi connectivity index (χ3n) is 7.67. The van der Waals surface area contributed by atoms with E-state index in [2.05, 4.69) is 40.8 Å². The zero-order chi connectivity index (χ0) is 33.2. The third-order valence-corrected chi connectivity index (χ3v) is 9.67. The van der Waals surface area contributed by atoms with Crippen LogP contribution in [0.3, 0.4) is 0 Å². The summed E-state index contributed by atoms with van der Waals surface area (Å²) in [5, 5.41) is 2.76. The van der Waals surface area contributed by atoms with Crippen molar-refractivity contribution in [3.8, 4) is 11.5 Å². The van der Waals surface area contributed by atoms with Crippen LogP contribution in [-0.4, -0.2) is 23.2 Å². The molecule has 240 valence electrons. The molecule has 1 aliphatic heterocycles. The number of rotatable bonds is 9. The lowest BCUT2D eigenvalue weighted by Crippen LogP contribution is -2.40. The van der Waals surface area contributed by atoms with Gasteiger partial charge >= 0.3 is 5.97 Å². The quantitative estimate of drug-likeness (QED) is 0.114. The summed E-state index contributed by atoms with van der Waals surface area (Å²) in [4.78, 5) is 33.0. The van der Waals surface area contributed by atoms with Crippen molar-refractivity contribution in [2.75, 3.05) is 6.61 Å². The Morgan fingerprint density at radius 1 is 1.09 bits per heavy atom. The van der Waals surface area contributed by atoms with Crippen molar-refractivity contribution in [3.05, 3.63) is 135 Å². The first kappa shape index (κ1) is 33.0. The summed E-state index contributed by atoms with van der Waals surface area (Å²) >= 11 is 9.99. The first-order valence-electron chi connectivity index (χ1n) is 15.2. The Labute approximate surface area is 294 Å². The molecule has 47 heavy (non-hydrogen) atoms. The van der Waals surface area contributed by atoms with Crippen LogP contribution in [0.15, 0.2) is 99.9 Å². The SMILES string of the molecule is CCOC(=O)C1=C(C)N=c2s/c(=C\c3cc(Cl)cc(I)c3OCc3cccc4ccccc34)c(=O)n2[C@@H]1c1ccccc1OC(C)C. The van der Waals surface area contributed by atoms with Crippen molar-refractivity contribution in [1.29, 1.82) is 0 Å². The third kappa shape index (κ3) is 6.75. The lowest BCUT2D eigenvalue weighted by atomic mass is 9.95. The second-order valence-corrected chi connectivity index (χ2v) is 13.8. The van der Waals surface area contributed by atoms with Crippen LogP contribution in [0.25, 0.3) is 16.8 Å². The van der Waals surface area contributed by atoms with Crippen molar-refractivity contribution in [1.82, 2.24) is 4.57 Å². The van der Waals surface area contributed by atoms with Crippen LogP contribution in [-0.2, 0) is 16.1 Å². The summed E-state index contributed by atoms with van der Waals surface area (Å²) < 4.78 is 20.9. The molecule has 0 aliphatic carbocycles. The molecule has 0 saturated carbocycles. The number of allylic oxidation sites excluding steroid dienone is 1. The highest BCUT2D eigenvalue weighted by Crippen LogP contribution is 2.36. The molecule has 0 amide bonds. The Kier molecular flexibility index (Phi) is 9.86. The second-order valence-electron chi connectivity index (χ2n) is 11.2. The van der Waals surface area contributed by atoms with E-state index in [4.69, 9.17) is 30.8 Å². The van der Waals surface area contributed by atoms with Crippen molar-refractivity contribution in [2.24, 2.45) is 4.99 Å². The number of ether oxygens (including phenoxy) is 3. The molecule has 6 rings (SSSR count). The summed E-state index contributed by atoms with van der Waals surface area (Å²) in [5.74, 6) is 0.664. The van der Waals surface area contributed by atoms with Crippen molar-refractivity contribution < 1.29 is 19.0 Å². The molecule has 0 radical (unpaired) electrons. The number of nitrogens with zero attached hydrogens (tertiary/aromatic N) is 2. The van der Waals surface area contributed by atoms with E-state index >= 15 is 0 Å². The molecular weight excluding hydrogens is 747 g/mol. The van der Waals surface area contributed by atoms with Crippen molar-refractivity contribution in [2.45, 2.75) is 46.4 Å². The van der Waals surface area contributed by atoms with Crippen LogP contribution in [0.5, 0.6) is 11.5 Å². The average molecular weight is 779 g/mol. The zero-order valence-electron chi connectivity index (χ0n) is 26.3. The highest BCUT2D eigenvalue weighted by Gasteiger charge is 2.35. The maximum Gasteiger partial charge on any atom is 0.338 e. The summed E-state index contributed by atoms with van der Waals surface area (Å²) in [5.41, 5.74) is 2.85. The molecular formula is C37H32ClIN2O5S. The van der Waals surface area contributed by atoms with Crippen LogP contribution in [0.1, 0.15) is 50.4 Å². The van der Waals surface area contributed by atoms with E-state index in [1.54, 1.807) is 30.6 Å². The molecule has 1 aliphatic rings. The second kappa shape index (κ2) is 14.0. The van der Waals surface area contributed by atoms with Gasteiger partial charge in [-0.25, -0.2) is 9.79 Å². The van der Waals surface area contributed by atoms with Gasteiger partial charge in [-0.1, -0.05) is 83.6 Å². The van der Waals surface area contributed by atoms with Gasteiger partial charge in [0.2, 0.25) is 0 Å². The number of thiazole rings is 1. The van der Waals surface area contributed by atoms with E-state index in [-0.39, 0.29) is 18.3 Å². The Hall–Kier alpha value is -3.93. The Bertz CT molecular complexity index is 2220. The number of hydrogen-bond acceptors (Lipinski definition) is 7. The monoisotopic (exact) mass is 778 g/mol. The number of para-hydroxylation sites is 1. The Morgan fingerprint density at radius 3 is 2.62 bits per heavy atom. The van der Waals surface area contributed by atoms with Crippen LogP contribution >= 0.6 is 45.5 Å². The Balaban J connectivity index is 1.49. The highest BCUT2D eigenvalue weighted by atomic mass is 127. The number of esters is 1. The van der Waals surface area contributed by atoms with E-state index in [0.29, 0.717) is 54.9 Å². The fourth-order valence-electron chi connectivity index (χ4n) is 5.70. The number of benzene rings is 4. The van der Waals surface area contributed by atoms with Gasteiger partial charge in [0, 0.05) is 16.1 Å². The van der Waals surface area contributed by atoms with Crippen LogP contribution in [0, 0.1) is 3.57 Å². The molecule has 0 spiro atoms. The van der Waals surface area contributed by atoms with E-state index in [1.807, 2.05) is 68.4 Å². The number of carbonyl (C=O) groups is 1. The van der Waals surface area contributed by atoms with Gasteiger partial charge < -0.3 is 14.2 Å². The van der Waals surface area contributed by atoms with E-state index < -0.39 is 12.0 Å². The normalized spacial score (nSPS) is 14.7. The molecule has 5 aromatic rings. The summed E-state index contributed by atoms with van der Waals surface area (Å²) in [6.45, 7) is 7.90. The predicted octanol–water partition coefficient (Wildman–Crippen LogP) is 7.58. The maximum absolute atomic E-state index is 14.4. The first-order valence-corrected chi connectivity index (χ1v) is 17.5. The molecule has 0 bridgehead atoms. The predicted molar refractivity (Wildman–Crippen MR) is 195 cm³/mol. The molecule has 0 N–H and O–H groups in total. The van der Waals surface area contributed by atoms with Gasteiger partial charge in [-0.3, -0.25) is 9.36 Å². The number of fused-ring (bicyclic) bond motifs is 2. The first-order chi connectivity index (χ1) is 22.7. The number of aromatic nitrogens is 1. The van der Waals surface area contributed by atoms with Gasteiger partial charge in [0.1, 0.15) is 24.1 Å². The molecule has 1 atom stereocenters. The van der Waals surface area contributed by atoms with Crippen LogP contribution in [0.2, 0.25) is 5.02 Å². The van der Waals surface area contributed by atoms with Crippen LogP contribution < -0.4 is 24.4 Å². The van der Waals surface area contributed by atoms with Gasteiger partial charge in [-0.05, 0) is 90.9 Å². The van der Waals surface area contributed by atoms with Gasteiger partial charge in [0.25, 0.3) is 5.56 Å². The summed E-state index contributed by atoms with van der Waals surface area (Å²) in [6.07, 6.45) is 1.66. The van der Waals surface area contributed by atoms with Gasteiger partial charge in [-0.2, -0.15) is 0 Å². The molecule has 0 saturated heterocycles. The minimum Gasteiger partial charge on any atom is -0.491 e. The Morgan fingerprint density at radius 2 is 1.83 bits per heavy atom. The van der Waals surface area contributed by atoms with Gasteiger partial charge in [0.15, 0.2) is 4.80 Å². The topological polar surface area (TPSA) is 79.1 Å². The van der Waals surface area contributed by atoms with Crippen molar-refractivity contribution in [3.63, 3.8) is 0 Å².